The summed E-state index contributed by atoms with van der Waals surface area (Å²) >= 11 is 0. The molecule has 1 aliphatic rings. The molecule has 11 heteroatoms. The number of para-hydroxylation sites is 2. The molecule has 176 valence electrons. The number of nitrogens with one attached hydrogen (secondary N) is 2. The minimum absolute atomic E-state index is 0.0114. The molecular formula is C22H24N2O9. The Hall–Kier alpha value is -4.15. The molecule has 0 spiro atoms. The van der Waals surface area contributed by atoms with Crippen molar-refractivity contribution >= 4 is 17.8 Å². The number of esters is 1. The van der Waals surface area contributed by atoms with Crippen LogP contribution in [-0.2, 0) is 25.5 Å². The number of amides is 2. The standard InChI is InChI=1S/C22H24N2O9/c1-28-16-8-13(9-17(29-2)21(16)30-3)10-20(26)32-12-19(25)23-24-22(27)18-11-31-14-6-4-5-7-15(14)33-18/h4-9,18H,10-12H2,1-3H3,(H,23,25)(H,24,27). The maximum absolute atomic E-state index is 12.2. The van der Waals surface area contributed by atoms with Crippen molar-refractivity contribution in [1.82, 2.24) is 10.9 Å². The second-order valence-corrected chi connectivity index (χ2v) is 6.77. The fourth-order valence-corrected chi connectivity index (χ4v) is 3.00. The van der Waals surface area contributed by atoms with Crippen LogP contribution in [0.4, 0.5) is 0 Å². The van der Waals surface area contributed by atoms with Crippen LogP contribution in [0.1, 0.15) is 5.56 Å². The average Bonchev–Trinajstić information content (AvgIpc) is 2.84. The van der Waals surface area contributed by atoms with Gasteiger partial charge in [-0.2, -0.15) is 0 Å². The molecule has 3 rings (SSSR count). The van der Waals surface area contributed by atoms with E-state index in [-0.39, 0.29) is 13.0 Å². The van der Waals surface area contributed by atoms with Gasteiger partial charge in [-0.3, -0.25) is 25.2 Å². The van der Waals surface area contributed by atoms with Crippen LogP contribution in [0.5, 0.6) is 28.7 Å². The van der Waals surface area contributed by atoms with Crippen molar-refractivity contribution < 1.29 is 42.8 Å². The van der Waals surface area contributed by atoms with Gasteiger partial charge in [0.2, 0.25) is 11.9 Å². The highest BCUT2D eigenvalue weighted by atomic mass is 16.6. The average molecular weight is 460 g/mol. The number of hydrogen-bond acceptors (Lipinski definition) is 9. The summed E-state index contributed by atoms with van der Waals surface area (Å²) in [5.41, 5.74) is 4.92. The van der Waals surface area contributed by atoms with Crippen LogP contribution in [0.15, 0.2) is 36.4 Å². The van der Waals surface area contributed by atoms with Crippen molar-refractivity contribution in [3.63, 3.8) is 0 Å². The van der Waals surface area contributed by atoms with Crippen molar-refractivity contribution in [3.8, 4) is 28.7 Å². The number of fused-ring (bicyclic) bond motifs is 1. The fraction of sp³-hybridized carbons (Fsp3) is 0.318. The van der Waals surface area contributed by atoms with Gasteiger partial charge in [-0.15, -0.1) is 0 Å². The van der Waals surface area contributed by atoms with Crippen LogP contribution < -0.4 is 34.5 Å². The molecular weight excluding hydrogens is 436 g/mol. The Balaban J connectivity index is 1.44. The van der Waals surface area contributed by atoms with Crippen molar-refractivity contribution in [2.24, 2.45) is 0 Å². The van der Waals surface area contributed by atoms with Gasteiger partial charge in [0, 0.05) is 0 Å². The minimum Gasteiger partial charge on any atom is -0.493 e. The van der Waals surface area contributed by atoms with E-state index in [1.807, 2.05) is 0 Å². The Bertz CT molecular complexity index is 1000. The molecule has 2 N–H and O–H groups in total. The number of hydrogen-bond donors (Lipinski definition) is 2. The van der Waals surface area contributed by atoms with Crippen molar-refractivity contribution in [2.45, 2.75) is 12.5 Å². The van der Waals surface area contributed by atoms with Crippen LogP contribution in [0, 0.1) is 0 Å². The minimum atomic E-state index is -0.942. The van der Waals surface area contributed by atoms with Gasteiger partial charge in [-0.1, -0.05) is 12.1 Å². The van der Waals surface area contributed by atoms with E-state index in [1.165, 1.54) is 21.3 Å². The normalized spacial score (nSPS) is 14.0. The number of ether oxygens (including phenoxy) is 6. The lowest BCUT2D eigenvalue weighted by molar-refractivity contribution is -0.148. The molecule has 1 unspecified atom stereocenters. The lowest BCUT2D eigenvalue weighted by atomic mass is 10.1. The van der Waals surface area contributed by atoms with Crippen molar-refractivity contribution in [3.05, 3.63) is 42.0 Å². The Morgan fingerprint density at radius 1 is 0.970 bits per heavy atom. The molecule has 0 aliphatic carbocycles. The van der Waals surface area contributed by atoms with Gasteiger partial charge in [-0.05, 0) is 29.8 Å². The Kier molecular flexibility index (Phi) is 7.79. The van der Waals surface area contributed by atoms with E-state index in [1.54, 1.807) is 36.4 Å². The second kappa shape index (κ2) is 10.9. The first kappa shape index (κ1) is 23.5. The van der Waals surface area contributed by atoms with Gasteiger partial charge in [0.15, 0.2) is 29.6 Å². The van der Waals surface area contributed by atoms with Crippen molar-refractivity contribution in [1.29, 1.82) is 0 Å². The third-order valence-corrected chi connectivity index (χ3v) is 4.56. The second-order valence-electron chi connectivity index (χ2n) is 6.77. The molecule has 1 heterocycles. The number of carbonyl (C=O) groups is 3. The summed E-state index contributed by atoms with van der Waals surface area (Å²) in [7, 11) is 4.39. The highest BCUT2D eigenvalue weighted by Crippen LogP contribution is 2.38. The fourth-order valence-electron chi connectivity index (χ4n) is 3.00. The van der Waals surface area contributed by atoms with E-state index in [0.717, 1.165) is 0 Å². The van der Waals surface area contributed by atoms with Crippen LogP contribution in [0.25, 0.3) is 0 Å². The third kappa shape index (κ3) is 5.97. The summed E-state index contributed by atoms with van der Waals surface area (Å²) < 4.78 is 31.7. The van der Waals surface area contributed by atoms with E-state index in [2.05, 4.69) is 10.9 Å². The summed E-state index contributed by atoms with van der Waals surface area (Å²) in [5.74, 6) is 0.128. The molecule has 0 fully saturated rings. The number of carbonyl (C=O) groups excluding carboxylic acids is 3. The van der Waals surface area contributed by atoms with Gasteiger partial charge < -0.3 is 28.4 Å². The van der Waals surface area contributed by atoms with Crippen LogP contribution >= 0.6 is 0 Å². The van der Waals surface area contributed by atoms with E-state index in [9.17, 15) is 14.4 Å². The molecule has 2 amide bonds. The molecule has 0 radical (unpaired) electrons. The first-order valence-corrected chi connectivity index (χ1v) is 9.86. The molecule has 2 aromatic carbocycles. The molecule has 1 aliphatic heterocycles. The smallest absolute Gasteiger partial charge is 0.310 e. The maximum atomic E-state index is 12.2. The first-order chi connectivity index (χ1) is 15.9. The summed E-state index contributed by atoms with van der Waals surface area (Å²) in [4.78, 5) is 36.3. The molecule has 11 nitrogen and oxygen atoms in total. The summed E-state index contributed by atoms with van der Waals surface area (Å²) in [6.07, 6.45) is -1.08. The van der Waals surface area contributed by atoms with E-state index in [4.69, 9.17) is 28.4 Å². The van der Waals surface area contributed by atoms with E-state index >= 15 is 0 Å². The zero-order valence-corrected chi connectivity index (χ0v) is 18.3. The number of methoxy groups -OCH3 is 3. The van der Waals surface area contributed by atoms with Gasteiger partial charge in [0.1, 0.15) is 6.61 Å². The predicted molar refractivity (Wildman–Crippen MR) is 113 cm³/mol. The zero-order valence-electron chi connectivity index (χ0n) is 18.3. The largest absolute Gasteiger partial charge is 0.493 e. The number of hydrazine groups is 1. The number of benzene rings is 2. The zero-order chi connectivity index (χ0) is 23.8. The highest BCUT2D eigenvalue weighted by molar-refractivity contribution is 5.86. The predicted octanol–water partition coefficient (Wildman–Crippen LogP) is 0.786. The summed E-state index contributed by atoms with van der Waals surface area (Å²) in [6, 6.07) is 10.1. The quantitative estimate of drug-likeness (QED) is 0.434. The summed E-state index contributed by atoms with van der Waals surface area (Å²) in [6.45, 7) is -0.600. The number of rotatable bonds is 8. The van der Waals surface area contributed by atoms with Gasteiger partial charge in [0.25, 0.3) is 11.8 Å². The Morgan fingerprint density at radius 2 is 1.64 bits per heavy atom. The van der Waals surface area contributed by atoms with Gasteiger partial charge in [-0.25, -0.2) is 0 Å². The third-order valence-electron chi connectivity index (χ3n) is 4.56. The molecule has 0 saturated carbocycles. The Labute approximate surface area is 189 Å². The monoisotopic (exact) mass is 460 g/mol. The molecule has 2 aromatic rings. The van der Waals surface area contributed by atoms with E-state index < -0.39 is 30.5 Å². The lowest BCUT2D eigenvalue weighted by Crippen LogP contribution is -2.51. The maximum Gasteiger partial charge on any atom is 0.310 e. The molecule has 1 atom stereocenters. The Morgan fingerprint density at radius 3 is 2.27 bits per heavy atom. The van der Waals surface area contributed by atoms with Gasteiger partial charge >= 0.3 is 5.97 Å². The van der Waals surface area contributed by atoms with E-state index in [0.29, 0.717) is 34.3 Å². The van der Waals surface area contributed by atoms with Crippen molar-refractivity contribution in [2.75, 3.05) is 34.5 Å². The lowest BCUT2D eigenvalue weighted by Gasteiger charge is -2.25. The molecule has 33 heavy (non-hydrogen) atoms. The van der Waals surface area contributed by atoms with Gasteiger partial charge in [0.05, 0.1) is 27.8 Å². The van der Waals surface area contributed by atoms with Crippen LogP contribution in [0.3, 0.4) is 0 Å². The molecule has 0 bridgehead atoms. The summed E-state index contributed by atoms with van der Waals surface area (Å²) in [5, 5.41) is 0. The topological polar surface area (TPSA) is 131 Å². The van der Waals surface area contributed by atoms with Crippen LogP contribution in [0.2, 0.25) is 0 Å². The molecule has 0 saturated heterocycles. The SMILES string of the molecule is COc1cc(CC(=O)OCC(=O)NNC(=O)C2COc3ccccc3O2)cc(OC)c1OC. The first-order valence-electron chi connectivity index (χ1n) is 9.86. The molecule has 0 aromatic heterocycles. The highest BCUT2D eigenvalue weighted by Gasteiger charge is 2.27. The van der Waals surface area contributed by atoms with Crippen LogP contribution in [-0.4, -0.2) is 58.4 Å².